The molecule has 0 atom stereocenters. The molecule has 0 aliphatic rings. The topological polar surface area (TPSA) is 102 Å². The van der Waals surface area contributed by atoms with E-state index in [-0.39, 0.29) is 11.6 Å². The molecule has 0 aliphatic carbocycles. The number of rotatable bonds is 4. The van der Waals surface area contributed by atoms with Gasteiger partial charge in [0.2, 0.25) is 5.82 Å². The standard InChI is InChI=1S/C13H9BrFN3O3/c14-10-5-7(1-3-9(10)13(16)17)21-8-2-4-12(18(19)20)11(15)6-8/h1-6H,(H3,16,17). The molecule has 21 heavy (non-hydrogen) atoms. The number of nitro groups is 1. The third-order valence-electron chi connectivity index (χ3n) is 2.58. The van der Waals surface area contributed by atoms with E-state index in [9.17, 15) is 14.5 Å². The Morgan fingerprint density at radius 3 is 2.43 bits per heavy atom. The average Bonchev–Trinajstić information content (AvgIpc) is 2.37. The molecule has 0 aromatic heterocycles. The molecule has 2 aromatic rings. The predicted octanol–water partition coefficient (Wildman–Crippen LogP) is 3.57. The summed E-state index contributed by atoms with van der Waals surface area (Å²) in [5.41, 5.74) is 5.26. The third-order valence-corrected chi connectivity index (χ3v) is 3.24. The summed E-state index contributed by atoms with van der Waals surface area (Å²) in [5, 5.41) is 17.9. The van der Waals surface area contributed by atoms with Gasteiger partial charge in [-0.2, -0.15) is 4.39 Å². The highest BCUT2D eigenvalue weighted by Crippen LogP contribution is 2.29. The van der Waals surface area contributed by atoms with Crippen LogP contribution < -0.4 is 10.5 Å². The second kappa shape index (κ2) is 5.88. The van der Waals surface area contributed by atoms with Gasteiger partial charge in [0.25, 0.3) is 0 Å². The molecule has 3 N–H and O–H groups in total. The average molecular weight is 354 g/mol. The van der Waals surface area contributed by atoms with Gasteiger partial charge in [0.1, 0.15) is 17.3 Å². The number of nitrogens with one attached hydrogen (secondary N) is 1. The number of benzene rings is 2. The van der Waals surface area contributed by atoms with Gasteiger partial charge in [-0.3, -0.25) is 15.5 Å². The van der Waals surface area contributed by atoms with E-state index in [2.05, 4.69) is 15.9 Å². The summed E-state index contributed by atoms with van der Waals surface area (Å²) < 4.78 is 19.4. The highest BCUT2D eigenvalue weighted by Gasteiger charge is 2.14. The molecule has 8 heteroatoms. The monoisotopic (exact) mass is 353 g/mol. The van der Waals surface area contributed by atoms with E-state index in [1.165, 1.54) is 6.07 Å². The summed E-state index contributed by atoms with van der Waals surface area (Å²) in [6, 6.07) is 7.96. The summed E-state index contributed by atoms with van der Waals surface area (Å²) in [7, 11) is 0. The van der Waals surface area contributed by atoms with Crippen molar-refractivity contribution in [2.45, 2.75) is 0 Å². The molecule has 6 nitrogen and oxygen atoms in total. The smallest absolute Gasteiger partial charge is 0.305 e. The molecule has 2 aromatic carbocycles. The largest absolute Gasteiger partial charge is 0.457 e. The van der Waals surface area contributed by atoms with Gasteiger partial charge in [-0.25, -0.2) is 0 Å². The van der Waals surface area contributed by atoms with E-state index in [1.54, 1.807) is 18.2 Å². The van der Waals surface area contributed by atoms with Gasteiger partial charge in [0.15, 0.2) is 0 Å². The second-order valence-electron chi connectivity index (χ2n) is 4.03. The zero-order valence-electron chi connectivity index (χ0n) is 10.5. The molecule has 0 saturated heterocycles. The first-order valence-electron chi connectivity index (χ1n) is 5.64. The number of nitro benzene ring substituents is 1. The summed E-state index contributed by atoms with van der Waals surface area (Å²) in [5.74, 6) is -0.576. The lowest BCUT2D eigenvalue weighted by molar-refractivity contribution is -0.387. The van der Waals surface area contributed by atoms with Crippen molar-refractivity contribution in [2.75, 3.05) is 0 Å². The van der Waals surface area contributed by atoms with Crippen LogP contribution in [0, 0.1) is 21.3 Å². The minimum Gasteiger partial charge on any atom is -0.457 e. The SMILES string of the molecule is N=C(N)c1ccc(Oc2ccc([N+](=O)[O-])c(F)c2)cc1Br. The maximum Gasteiger partial charge on any atom is 0.305 e. The summed E-state index contributed by atoms with van der Waals surface area (Å²) in [6.45, 7) is 0. The molecular weight excluding hydrogens is 345 g/mol. The van der Waals surface area contributed by atoms with E-state index < -0.39 is 16.4 Å². The highest BCUT2D eigenvalue weighted by molar-refractivity contribution is 9.10. The number of nitrogen functional groups attached to an aromatic ring is 1. The van der Waals surface area contributed by atoms with Gasteiger partial charge >= 0.3 is 5.69 Å². The van der Waals surface area contributed by atoms with Crippen molar-refractivity contribution >= 4 is 27.5 Å². The molecular formula is C13H9BrFN3O3. The van der Waals surface area contributed by atoms with Crippen LogP contribution in [0.5, 0.6) is 11.5 Å². The van der Waals surface area contributed by atoms with Crippen molar-refractivity contribution in [3.63, 3.8) is 0 Å². The molecule has 0 spiro atoms. The van der Waals surface area contributed by atoms with Crippen LogP contribution in [0.3, 0.4) is 0 Å². The maximum absolute atomic E-state index is 13.5. The normalized spacial score (nSPS) is 10.2. The predicted molar refractivity (Wildman–Crippen MR) is 78.3 cm³/mol. The molecule has 0 saturated carbocycles. The molecule has 0 aliphatic heterocycles. The van der Waals surface area contributed by atoms with E-state index in [0.29, 0.717) is 15.8 Å². The van der Waals surface area contributed by atoms with Gasteiger partial charge < -0.3 is 10.5 Å². The zero-order chi connectivity index (χ0) is 15.6. The Hall–Kier alpha value is -2.48. The van der Waals surface area contributed by atoms with E-state index >= 15 is 0 Å². The van der Waals surface area contributed by atoms with Crippen molar-refractivity contribution in [2.24, 2.45) is 5.73 Å². The Kier molecular flexibility index (Phi) is 4.18. The molecule has 2 rings (SSSR count). The first kappa shape index (κ1) is 14.9. The van der Waals surface area contributed by atoms with Crippen LogP contribution in [-0.4, -0.2) is 10.8 Å². The molecule has 108 valence electrons. The minimum atomic E-state index is -0.975. The van der Waals surface area contributed by atoms with Crippen molar-refractivity contribution in [3.05, 3.63) is 62.4 Å². The zero-order valence-corrected chi connectivity index (χ0v) is 12.1. The third kappa shape index (κ3) is 3.34. The van der Waals surface area contributed by atoms with Gasteiger partial charge in [0.05, 0.1) is 4.92 Å². The van der Waals surface area contributed by atoms with Gasteiger partial charge in [-0.1, -0.05) is 0 Å². The lowest BCUT2D eigenvalue weighted by Crippen LogP contribution is -2.11. The summed E-state index contributed by atoms with van der Waals surface area (Å²) in [6.07, 6.45) is 0. The summed E-state index contributed by atoms with van der Waals surface area (Å²) >= 11 is 3.24. The Bertz CT molecular complexity index is 675. The molecule has 0 unspecified atom stereocenters. The molecule has 0 fully saturated rings. The number of hydrogen-bond acceptors (Lipinski definition) is 4. The molecule has 0 heterocycles. The lowest BCUT2D eigenvalue weighted by Gasteiger charge is -2.08. The first-order valence-corrected chi connectivity index (χ1v) is 6.43. The van der Waals surface area contributed by atoms with Crippen LogP contribution in [-0.2, 0) is 0 Å². The lowest BCUT2D eigenvalue weighted by atomic mass is 10.2. The van der Waals surface area contributed by atoms with E-state index in [1.807, 2.05) is 0 Å². The number of hydrogen-bond donors (Lipinski definition) is 2. The van der Waals surface area contributed by atoms with E-state index in [4.69, 9.17) is 15.9 Å². The molecule has 0 radical (unpaired) electrons. The fraction of sp³-hybridized carbons (Fsp3) is 0. The fourth-order valence-electron chi connectivity index (χ4n) is 1.61. The minimum absolute atomic E-state index is 0.102. The van der Waals surface area contributed by atoms with Crippen LogP contribution in [0.15, 0.2) is 40.9 Å². The summed E-state index contributed by atoms with van der Waals surface area (Å²) in [4.78, 5) is 9.72. The fourth-order valence-corrected chi connectivity index (χ4v) is 2.18. The van der Waals surface area contributed by atoms with Crippen molar-refractivity contribution in [1.29, 1.82) is 5.41 Å². The van der Waals surface area contributed by atoms with Gasteiger partial charge in [-0.05, 0) is 40.2 Å². The van der Waals surface area contributed by atoms with Crippen molar-refractivity contribution in [3.8, 4) is 11.5 Å². The van der Waals surface area contributed by atoms with Crippen LogP contribution in [0.25, 0.3) is 0 Å². The number of amidine groups is 1. The molecule has 0 amide bonds. The van der Waals surface area contributed by atoms with Crippen molar-refractivity contribution < 1.29 is 14.1 Å². The van der Waals surface area contributed by atoms with Crippen LogP contribution in [0.4, 0.5) is 10.1 Å². The van der Waals surface area contributed by atoms with Crippen LogP contribution in [0.2, 0.25) is 0 Å². The molecule has 0 bridgehead atoms. The van der Waals surface area contributed by atoms with Crippen LogP contribution in [0.1, 0.15) is 5.56 Å². The van der Waals surface area contributed by atoms with Gasteiger partial charge in [-0.15, -0.1) is 0 Å². The number of halogens is 2. The number of nitrogens with zero attached hydrogens (tertiary/aromatic N) is 1. The Labute approximate surface area is 127 Å². The van der Waals surface area contributed by atoms with Gasteiger partial charge in [0, 0.05) is 22.2 Å². The Morgan fingerprint density at radius 1 is 1.29 bits per heavy atom. The number of nitrogens with two attached hydrogens (primary N) is 1. The highest BCUT2D eigenvalue weighted by atomic mass is 79.9. The first-order chi connectivity index (χ1) is 9.88. The van der Waals surface area contributed by atoms with Crippen molar-refractivity contribution in [1.82, 2.24) is 0 Å². The second-order valence-corrected chi connectivity index (χ2v) is 4.88. The van der Waals surface area contributed by atoms with Crippen LogP contribution >= 0.6 is 15.9 Å². The quantitative estimate of drug-likeness (QED) is 0.379. The number of ether oxygens (including phenoxy) is 1. The Morgan fingerprint density at radius 2 is 1.90 bits per heavy atom. The van der Waals surface area contributed by atoms with E-state index in [0.717, 1.165) is 12.1 Å². The maximum atomic E-state index is 13.5. The Balaban J connectivity index is 2.26.